The molecule has 1 saturated carbocycles. The Morgan fingerprint density at radius 3 is 2.68 bits per heavy atom. The van der Waals surface area contributed by atoms with Crippen molar-refractivity contribution in [1.82, 2.24) is 4.90 Å². The van der Waals surface area contributed by atoms with Gasteiger partial charge < -0.3 is 10.2 Å². The van der Waals surface area contributed by atoms with Gasteiger partial charge in [-0.15, -0.1) is 0 Å². The Labute approximate surface area is 133 Å². The van der Waals surface area contributed by atoms with Crippen molar-refractivity contribution in [2.24, 2.45) is 11.8 Å². The number of piperidine rings is 1. The molecule has 1 aromatic carbocycles. The first-order valence-electron chi connectivity index (χ1n) is 7.59. The average molecular weight is 325 g/mol. The minimum Gasteiger partial charge on any atom is -0.342 e. The van der Waals surface area contributed by atoms with Crippen molar-refractivity contribution >= 4 is 29.1 Å². The van der Waals surface area contributed by atoms with E-state index < -0.39 is 5.82 Å². The maximum atomic E-state index is 13.1. The van der Waals surface area contributed by atoms with Crippen LogP contribution < -0.4 is 5.32 Å². The van der Waals surface area contributed by atoms with E-state index in [4.69, 9.17) is 11.6 Å². The van der Waals surface area contributed by atoms with E-state index in [9.17, 15) is 14.0 Å². The highest BCUT2D eigenvalue weighted by Crippen LogP contribution is 2.32. The molecule has 0 radical (unpaired) electrons. The van der Waals surface area contributed by atoms with Crippen molar-refractivity contribution < 1.29 is 14.0 Å². The number of amides is 2. The SMILES string of the molecule is O=C(Nc1ccc(F)c(Cl)c1)[C@@H]1CCCN(C(=O)C2CC2)C1. The van der Waals surface area contributed by atoms with Gasteiger partial charge in [0, 0.05) is 24.7 Å². The molecule has 1 aliphatic heterocycles. The maximum absolute atomic E-state index is 13.1. The molecule has 1 aliphatic carbocycles. The van der Waals surface area contributed by atoms with Crippen LogP contribution in [0.5, 0.6) is 0 Å². The second-order valence-electron chi connectivity index (χ2n) is 6.02. The molecule has 0 spiro atoms. The smallest absolute Gasteiger partial charge is 0.229 e. The summed E-state index contributed by atoms with van der Waals surface area (Å²) in [6.45, 7) is 1.21. The Kier molecular flexibility index (Phi) is 4.34. The normalized spacial score (nSPS) is 21.5. The number of nitrogens with one attached hydrogen (secondary N) is 1. The number of hydrogen-bond donors (Lipinski definition) is 1. The summed E-state index contributed by atoms with van der Waals surface area (Å²) in [4.78, 5) is 26.2. The topological polar surface area (TPSA) is 49.4 Å². The lowest BCUT2D eigenvalue weighted by Crippen LogP contribution is -2.44. The molecule has 1 heterocycles. The molecular formula is C16H18ClFN2O2. The fraction of sp³-hybridized carbons (Fsp3) is 0.500. The van der Waals surface area contributed by atoms with Crippen LogP contribution in [0.4, 0.5) is 10.1 Å². The van der Waals surface area contributed by atoms with Crippen LogP contribution in [-0.2, 0) is 9.59 Å². The number of nitrogens with zero attached hydrogens (tertiary/aromatic N) is 1. The first kappa shape index (κ1) is 15.3. The Morgan fingerprint density at radius 1 is 1.23 bits per heavy atom. The molecule has 1 aromatic rings. The van der Waals surface area contributed by atoms with Gasteiger partial charge in [0.05, 0.1) is 10.9 Å². The predicted molar refractivity (Wildman–Crippen MR) is 82.1 cm³/mol. The molecule has 6 heteroatoms. The maximum Gasteiger partial charge on any atom is 0.229 e. The summed E-state index contributed by atoms with van der Waals surface area (Å²) in [5, 5.41) is 2.73. The molecule has 3 rings (SSSR count). The van der Waals surface area contributed by atoms with E-state index in [0.717, 1.165) is 32.2 Å². The van der Waals surface area contributed by atoms with Crippen LogP contribution in [0.3, 0.4) is 0 Å². The third-order valence-corrected chi connectivity index (χ3v) is 4.51. The lowest BCUT2D eigenvalue weighted by molar-refractivity contribution is -0.135. The molecule has 0 bridgehead atoms. The number of carbonyl (C=O) groups is 2. The van der Waals surface area contributed by atoms with Crippen molar-refractivity contribution in [2.45, 2.75) is 25.7 Å². The molecule has 2 fully saturated rings. The van der Waals surface area contributed by atoms with E-state index in [1.807, 2.05) is 4.90 Å². The highest BCUT2D eigenvalue weighted by atomic mass is 35.5. The molecule has 0 aromatic heterocycles. The van der Waals surface area contributed by atoms with Crippen molar-refractivity contribution in [3.8, 4) is 0 Å². The summed E-state index contributed by atoms with van der Waals surface area (Å²) in [6, 6.07) is 4.10. The second-order valence-corrected chi connectivity index (χ2v) is 6.42. The fourth-order valence-corrected chi connectivity index (χ4v) is 2.98. The molecular weight excluding hydrogens is 307 g/mol. The number of rotatable bonds is 3. The fourth-order valence-electron chi connectivity index (χ4n) is 2.80. The van der Waals surface area contributed by atoms with Crippen LogP contribution in [-0.4, -0.2) is 29.8 Å². The first-order chi connectivity index (χ1) is 10.5. The molecule has 1 N–H and O–H groups in total. The summed E-state index contributed by atoms with van der Waals surface area (Å²) >= 11 is 5.71. The summed E-state index contributed by atoms with van der Waals surface area (Å²) < 4.78 is 13.1. The molecule has 2 aliphatic rings. The number of hydrogen-bond acceptors (Lipinski definition) is 2. The molecule has 2 amide bonds. The van der Waals surface area contributed by atoms with Gasteiger partial charge in [-0.25, -0.2) is 4.39 Å². The minimum absolute atomic E-state index is 0.0213. The number of benzene rings is 1. The van der Waals surface area contributed by atoms with Crippen LogP contribution in [0.2, 0.25) is 5.02 Å². The van der Waals surface area contributed by atoms with Crippen molar-refractivity contribution in [3.63, 3.8) is 0 Å². The van der Waals surface area contributed by atoms with E-state index in [-0.39, 0.29) is 28.7 Å². The second kappa shape index (κ2) is 6.24. The summed E-state index contributed by atoms with van der Waals surface area (Å²) in [6.07, 6.45) is 3.54. The van der Waals surface area contributed by atoms with Crippen LogP contribution >= 0.6 is 11.6 Å². The summed E-state index contributed by atoms with van der Waals surface area (Å²) in [5.74, 6) is -0.519. The van der Waals surface area contributed by atoms with Crippen molar-refractivity contribution in [1.29, 1.82) is 0 Å². The minimum atomic E-state index is -0.515. The standard InChI is InChI=1S/C16H18ClFN2O2/c17-13-8-12(5-6-14(13)18)19-15(21)11-2-1-7-20(9-11)16(22)10-3-4-10/h5-6,8,10-11H,1-4,7,9H2,(H,19,21)/t11-/m1/s1. The third kappa shape index (κ3) is 3.40. The van der Waals surface area contributed by atoms with Crippen LogP contribution in [0.1, 0.15) is 25.7 Å². The third-order valence-electron chi connectivity index (χ3n) is 4.22. The zero-order valence-corrected chi connectivity index (χ0v) is 12.9. The molecule has 1 atom stereocenters. The van der Waals surface area contributed by atoms with E-state index >= 15 is 0 Å². The lowest BCUT2D eigenvalue weighted by atomic mass is 9.96. The molecule has 1 saturated heterocycles. The molecule has 118 valence electrons. The first-order valence-corrected chi connectivity index (χ1v) is 7.97. The van der Waals surface area contributed by atoms with Gasteiger partial charge >= 0.3 is 0 Å². The number of anilines is 1. The monoisotopic (exact) mass is 324 g/mol. The van der Waals surface area contributed by atoms with Gasteiger partial charge in [0.1, 0.15) is 5.82 Å². The summed E-state index contributed by atoms with van der Waals surface area (Å²) in [7, 11) is 0. The van der Waals surface area contributed by atoms with Crippen LogP contribution in [0.25, 0.3) is 0 Å². The van der Waals surface area contributed by atoms with Gasteiger partial charge in [0.2, 0.25) is 11.8 Å². The Hall–Kier alpha value is -1.62. The van der Waals surface area contributed by atoms with Crippen molar-refractivity contribution in [2.75, 3.05) is 18.4 Å². The van der Waals surface area contributed by atoms with E-state index in [0.29, 0.717) is 12.2 Å². The van der Waals surface area contributed by atoms with Gasteiger partial charge in [0.25, 0.3) is 0 Å². The lowest BCUT2D eigenvalue weighted by Gasteiger charge is -2.32. The molecule has 0 unspecified atom stereocenters. The van der Waals surface area contributed by atoms with Gasteiger partial charge in [0.15, 0.2) is 0 Å². The molecule has 4 nitrogen and oxygen atoms in total. The number of likely N-dealkylation sites (tertiary alicyclic amines) is 1. The Balaban J connectivity index is 1.61. The zero-order chi connectivity index (χ0) is 15.7. The van der Waals surface area contributed by atoms with Gasteiger partial charge in [-0.1, -0.05) is 11.6 Å². The largest absolute Gasteiger partial charge is 0.342 e. The Morgan fingerprint density at radius 2 is 2.00 bits per heavy atom. The van der Waals surface area contributed by atoms with E-state index in [1.54, 1.807) is 0 Å². The Bertz CT molecular complexity index is 604. The van der Waals surface area contributed by atoms with Gasteiger partial charge in [-0.2, -0.15) is 0 Å². The zero-order valence-electron chi connectivity index (χ0n) is 12.1. The number of carbonyl (C=O) groups excluding carboxylic acids is 2. The number of halogens is 2. The predicted octanol–water partition coefficient (Wildman–Crippen LogP) is 3.07. The van der Waals surface area contributed by atoms with Crippen LogP contribution in [0, 0.1) is 17.7 Å². The van der Waals surface area contributed by atoms with E-state index in [1.165, 1.54) is 18.2 Å². The summed E-state index contributed by atoms with van der Waals surface area (Å²) in [5.41, 5.74) is 0.474. The highest BCUT2D eigenvalue weighted by Gasteiger charge is 2.36. The molecule has 22 heavy (non-hydrogen) atoms. The van der Waals surface area contributed by atoms with Crippen molar-refractivity contribution in [3.05, 3.63) is 29.0 Å². The van der Waals surface area contributed by atoms with Crippen LogP contribution in [0.15, 0.2) is 18.2 Å². The quantitative estimate of drug-likeness (QED) is 0.929. The van der Waals surface area contributed by atoms with Gasteiger partial charge in [-0.05, 0) is 43.9 Å². The highest BCUT2D eigenvalue weighted by molar-refractivity contribution is 6.31. The average Bonchev–Trinajstić information content (AvgIpc) is 3.35. The van der Waals surface area contributed by atoms with E-state index in [2.05, 4.69) is 5.32 Å². The van der Waals surface area contributed by atoms with Gasteiger partial charge in [-0.3, -0.25) is 9.59 Å².